The molecule has 3 rings (SSSR count). The number of hydrogen-bond acceptors (Lipinski definition) is 5. The fraction of sp³-hybridized carbons (Fsp3) is 0.412. The predicted molar refractivity (Wildman–Crippen MR) is 86.6 cm³/mol. The number of rotatable bonds is 4. The minimum absolute atomic E-state index is 0.00466. The van der Waals surface area contributed by atoms with Gasteiger partial charge in [-0.05, 0) is 36.8 Å². The van der Waals surface area contributed by atoms with E-state index in [9.17, 15) is 13.9 Å². The zero-order valence-electron chi connectivity index (χ0n) is 13.3. The molecule has 128 valence electrons. The summed E-state index contributed by atoms with van der Waals surface area (Å²) in [6, 6.07) is 6.92. The van der Waals surface area contributed by atoms with Crippen molar-refractivity contribution in [3.05, 3.63) is 53.7 Å². The van der Waals surface area contributed by atoms with Crippen LogP contribution in [0.25, 0.3) is 0 Å². The molecule has 1 saturated heterocycles. The number of hydrogen-bond donors (Lipinski definition) is 1. The van der Waals surface area contributed by atoms with Crippen LogP contribution in [0.4, 0.5) is 14.6 Å². The van der Waals surface area contributed by atoms with Crippen molar-refractivity contribution < 1.29 is 13.9 Å². The lowest BCUT2D eigenvalue weighted by Gasteiger charge is -2.24. The Morgan fingerprint density at radius 2 is 2.00 bits per heavy atom. The lowest BCUT2D eigenvalue weighted by Crippen LogP contribution is -2.34. The molecule has 1 N–H and O–H groups in total. The standard InChI is InChI=1S/C17H20F2N4O/c18-13-4-5-15(19)14(11-13)16(24)12-22-7-2-8-23(10-9-22)17-3-1-6-20-21-17/h1,3-6,11,16,24H,2,7-10,12H2. The van der Waals surface area contributed by atoms with Crippen LogP contribution in [0.15, 0.2) is 36.5 Å². The van der Waals surface area contributed by atoms with Gasteiger partial charge in [0.25, 0.3) is 0 Å². The van der Waals surface area contributed by atoms with Gasteiger partial charge in [0.15, 0.2) is 5.82 Å². The molecule has 7 heteroatoms. The molecule has 2 heterocycles. The average Bonchev–Trinajstić information content (AvgIpc) is 2.83. The normalized spacial score (nSPS) is 17.5. The molecule has 1 fully saturated rings. The van der Waals surface area contributed by atoms with Gasteiger partial charge in [-0.2, -0.15) is 5.10 Å². The maximum Gasteiger partial charge on any atom is 0.151 e. The molecule has 1 aliphatic rings. The van der Waals surface area contributed by atoms with Crippen LogP contribution in [-0.4, -0.2) is 52.9 Å². The van der Waals surface area contributed by atoms with Crippen LogP contribution in [0, 0.1) is 11.6 Å². The summed E-state index contributed by atoms with van der Waals surface area (Å²) in [6.45, 7) is 3.36. The van der Waals surface area contributed by atoms with E-state index < -0.39 is 17.7 Å². The highest BCUT2D eigenvalue weighted by Crippen LogP contribution is 2.20. The summed E-state index contributed by atoms with van der Waals surface area (Å²) >= 11 is 0. The van der Waals surface area contributed by atoms with E-state index in [1.807, 2.05) is 12.1 Å². The SMILES string of the molecule is OC(CN1CCCN(c2cccnn2)CC1)c1cc(F)ccc1F. The molecule has 1 aliphatic heterocycles. The fourth-order valence-electron chi connectivity index (χ4n) is 2.96. The van der Waals surface area contributed by atoms with Gasteiger partial charge in [0, 0.05) is 44.5 Å². The molecule has 1 aromatic heterocycles. The van der Waals surface area contributed by atoms with E-state index in [0.717, 1.165) is 50.1 Å². The van der Waals surface area contributed by atoms with Crippen LogP contribution in [0.2, 0.25) is 0 Å². The highest BCUT2D eigenvalue weighted by Gasteiger charge is 2.21. The van der Waals surface area contributed by atoms with Crippen molar-refractivity contribution in [2.75, 3.05) is 37.6 Å². The second-order valence-electron chi connectivity index (χ2n) is 5.90. The van der Waals surface area contributed by atoms with Gasteiger partial charge in [0.05, 0.1) is 6.10 Å². The van der Waals surface area contributed by atoms with E-state index in [4.69, 9.17) is 0 Å². The number of aliphatic hydroxyl groups excluding tert-OH is 1. The van der Waals surface area contributed by atoms with Gasteiger partial charge < -0.3 is 10.0 Å². The molecule has 0 amide bonds. The quantitative estimate of drug-likeness (QED) is 0.927. The van der Waals surface area contributed by atoms with E-state index in [1.54, 1.807) is 6.20 Å². The minimum Gasteiger partial charge on any atom is -0.387 e. The summed E-state index contributed by atoms with van der Waals surface area (Å²) in [6.07, 6.45) is 1.48. The summed E-state index contributed by atoms with van der Waals surface area (Å²) in [5.74, 6) is -0.300. The Morgan fingerprint density at radius 3 is 2.79 bits per heavy atom. The van der Waals surface area contributed by atoms with Gasteiger partial charge in [-0.1, -0.05) is 0 Å². The Labute approximate surface area is 139 Å². The summed E-state index contributed by atoms with van der Waals surface area (Å²) < 4.78 is 27.0. The van der Waals surface area contributed by atoms with Crippen LogP contribution >= 0.6 is 0 Å². The number of nitrogens with zero attached hydrogens (tertiary/aromatic N) is 4. The van der Waals surface area contributed by atoms with Crippen molar-refractivity contribution in [3.8, 4) is 0 Å². The van der Waals surface area contributed by atoms with E-state index in [0.29, 0.717) is 6.54 Å². The minimum atomic E-state index is -1.05. The maximum atomic E-state index is 13.8. The average molecular weight is 334 g/mol. The first-order valence-corrected chi connectivity index (χ1v) is 8.01. The molecule has 0 radical (unpaired) electrons. The van der Waals surface area contributed by atoms with Crippen LogP contribution in [0.3, 0.4) is 0 Å². The summed E-state index contributed by atoms with van der Waals surface area (Å²) in [5.41, 5.74) is 0.00466. The lowest BCUT2D eigenvalue weighted by atomic mass is 10.1. The Kier molecular flexibility index (Phi) is 5.32. The van der Waals surface area contributed by atoms with E-state index >= 15 is 0 Å². The van der Waals surface area contributed by atoms with Gasteiger partial charge in [-0.25, -0.2) is 8.78 Å². The third-order valence-electron chi connectivity index (χ3n) is 4.22. The Bertz CT molecular complexity index is 671. The second kappa shape index (κ2) is 7.63. The number of aromatic nitrogens is 2. The third kappa shape index (κ3) is 4.04. The highest BCUT2D eigenvalue weighted by molar-refractivity contribution is 5.36. The lowest BCUT2D eigenvalue weighted by molar-refractivity contribution is 0.113. The third-order valence-corrected chi connectivity index (χ3v) is 4.22. The first-order valence-electron chi connectivity index (χ1n) is 8.01. The molecule has 24 heavy (non-hydrogen) atoms. The number of benzene rings is 1. The van der Waals surface area contributed by atoms with E-state index in [2.05, 4.69) is 20.0 Å². The van der Waals surface area contributed by atoms with E-state index in [1.165, 1.54) is 0 Å². The summed E-state index contributed by atoms with van der Waals surface area (Å²) in [4.78, 5) is 4.20. The smallest absolute Gasteiger partial charge is 0.151 e. The number of halogens is 2. The number of aliphatic hydroxyl groups is 1. The molecular weight excluding hydrogens is 314 g/mol. The maximum absolute atomic E-state index is 13.8. The first kappa shape index (κ1) is 16.7. The molecule has 5 nitrogen and oxygen atoms in total. The van der Waals surface area contributed by atoms with Crippen LogP contribution in [0.5, 0.6) is 0 Å². The zero-order valence-corrected chi connectivity index (χ0v) is 13.3. The van der Waals surface area contributed by atoms with Gasteiger partial charge in [-0.3, -0.25) is 4.90 Å². The fourth-order valence-corrected chi connectivity index (χ4v) is 2.96. The molecule has 1 unspecified atom stereocenters. The predicted octanol–water partition coefficient (Wildman–Crippen LogP) is 2.00. The second-order valence-corrected chi connectivity index (χ2v) is 5.90. The van der Waals surface area contributed by atoms with Gasteiger partial charge >= 0.3 is 0 Å². The van der Waals surface area contributed by atoms with Crippen molar-refractivity contribution in [3.63, 3.8) is 0 Å². The van der Waals surface area contributed by atoms with Crippen molar-refractivity contribution >= 4 is 5.82 Å². The molecule has 1 atom stereocenters. The molecular formula is C17H20F2N4O. The van der Waals surface area contributed by atoms with Crippen molar-refractivity contribution in [2.24, 2.45) is 0 Å². The topological polar surface area (TPSA) is 52.5 Å². The van der Waals surface area contributed by atoms with Crippen molar-refractivity contribution in [1.29, 1.82) is 0 Å². The van der Waals surface area contributed by atoms with Gasteiger partial charge in [0.1, 0.15) is 11.6 Å². The highest BCUT2D eigenvalue weighted by atomic mass is 19.1. The van der Waals surface area contributed by atoms with Crippen LogP contribution < -0.4 is 4.90 Å². The van der Waals surface area contributed by atoms with Crippen molar-refractivity contribution in [2.45, 2.75) is 12.5 Å². The van der Waals surface area contributed by atoms with Crippen molar-refractivity contribution in [1.82, 2.24) is 15.1 Å². The van der Waals surface area contributed by atoms with Gasteiger partial charge in [-0.15, -0.1) is 5.10 Å². The van der Waals surface area contributed by atoms with Crippen LogP contribution in [-0.2, 0) is 0 Å². The molecule has 0 saturated carbocycles. The summed E-state index contributed by atoms with van der Waals surface area (Å²) in [5, 5.41) is 18.3. The Balaban J connectivity index is 1.61. The molecule has 2 aromatic rings. The largest absolute Gasteiger partial charge is 0.387 e. The number of β-amino-alcohol motifs (C(OH)–C–C–N with tert-alkyl or cyclic N) is 1. The zero-order chi connectivity index (χ0) is 16.9. The molecule has 0 spiro atoms. The van der Waals surface area contributed by atoms with Crippen LogP contribution in [0.1, 0.15) is 18.1 Å². The Morgan fingerprint density at radius 1 is 1.12 bits per heavy atom. The molecule has 1 aromatic carbocycles. The molecule has 0 aliphatic carbocycles. The molecule has 0 bridgehead atoms. The van der Waals surface area contributed by atoms with E-state index in [-0.39, 0.29) is 12.1 Å². The number of anilines is 1. The summed E-state index contributed by atoms with van der Waals surface area (Å²) in [7, 11) is 0. The first-order chi connectivity index (χ1) is 11.6. The monoisotopic (exact) mass is 334 g/mol. The van der Waals surface area contributed by atoms with Gasteiger partial charge in [0.2, 0.25) is 0 Å². The Hall–Kier alpha value is -2.12.